The lowest BCUT2D eigenvalue weighted by atomic mass is 9.84. The molecule has 2 heterocycles. The monoisotopic (exact) mass is 428 g/mol. The predicted molar refractivity (Wildman–Crippen MR) is 115 cm³/mol. The molecule has 0 unspecified atom stereocenters. The number of nitrogens with one attached hydrogen (secondary N) is 1. The lowest BCUT2D eigenvalue weighted by molar-refractivity contribution is 0.443. The van der Waals surface area contributed by atoms with Gasteiger partial charge >= 0.3 is 0 Å². The van der Waals surface area contributed by atoms with E-state index in [0.29, 0.717) is 24.0 Å². The maximum atomic E-state index is 13.1. The minimum atomic E-state index is -3.76. The van der Waals surface area contributed by atoms with E-state index in [9.17, 15) is 8.42 Å². The van der Waals surface area contributed by atoms with E-state index in [1.54, 1.807) is 21.4 Å². The summed E-state index contributed by atoms with van der Waals surface area (Å²) in [6.07, 6.45) is 10.1. The molecule has 1 N–H and O–H groups in total. The Balaban J connectivity index is 1.63. The molecule has 8 nitrogen and oxygen atoms in total. The maximum absolute atomic E-state index is 13.1. The molecule has 160 valence electrons. The molecule has 0 saturated heterocycles. The molecule has 1 aromatic carbocycles. The third kappa shape index (κ3) is 4.12. The van der Waals surface area contributed by atoms with Crippen molar-refractivity contribution in [1.82, 2.24) is 24.5 Å². The summed E-state index contributed by atoms with van der Waals surface area (Å²) < 4.78 is 32.5. The van der Waals surface area contributed by atoms with Crippen molar-refractivity contribution in [2.24, 2.45) is 0 Å². The normalized spacial score (nSPS) is 15.4. The first-order chi connectivity index (χ1) is 14.5. The number of aryl methyl sites for hydroxylation is 1. The molecule has 0 amide bonds. The zero-order chi connectivity index (χ0) is 21.1. The fourth-order valence-corrected chi connectivity index (χ4v) is 5.24. The van der Waals surface area contributed by atoms with Crippen molar-refractivity contribution in [1.29, 1.82) is 0 Å². The number of aromatic nitrogens is 5. The Morgan fingerprint density at radius 3 is 2.37 bits per heavy atom. The van der Waals surface area contributed by atoms with Gasteiger partial charge in [0, 0.05) is 6.54 Å². The molecule has 0 atom stereocenters. The predicted octanol–water partition coefficient (Wildman–Crippen LogP) is 4.03. The molecule has 1 aliphatic rings. The van der Waals surface area contributed by atoms with E-state index < -0.39 is 10.0 Å². The summed E-state index contributed by atoms with van der Waals surface area (Å²) in [6, 6.07) is 7.32. The maximum Gasteiger partial charge on any atom is 0.262 e. The zero-order valence-corrected chi connectivity index (χ0v) is 18.3. The van der Waals surface area contributed by atoms with Crippen LogP contribution in [0.25, 0.3) is 5.82 Å². The zero-order valence-electron chi connectivity index (χ0n) is 17.5. The topological polar surface area (TPSA) is 94.7 Å². The van der Waals surface area contributed by atoms with Gasteiger partial charge < -0.3 is 0 Å². The first kappa shape index (κ1) is 20.6. The van der Waals surface area contributed by atoms with Crippen LogP contribution in [-0.2, 0) is 16.6 Å². The summed E-state index contributed by atoms with van der Waals surface area (Å²) in [4.78, 5) is 0.249. The van der Waals surface area contributed by atoms with Gasteiger partial charge in [0.15, 0.2) is 5.82 Å². The van der Waals surface area contributed by atoms with Gasteiger partial charge in [-0.3, -0.25) is 14.0 Å². The van der Waals surface area contributed by atoms with E-state index in [1.807, 2.05) is 19.1 Å². The van der Waals surface area contributed by atoms with Crippen LogP contribution in [0.2, 0.25) is 0 Å². The Labute approximate surface area is 177 Å². The summed E-state index contributed by atoms with van der Waals surface area (Å²) in [5, 5.41) is 12.2. The van der Waals surface area contributed by atoms with Gasteiger partial charge in [-0.1, -0.05) is 38.3 Å². The summed E-state index contributed by atoms with van der Waals surface area (Å²) in [5.74, 6) is 1.01. The molecule has 1 fully saturated rings. The summed E-state index contributed by atoms with van der Waals surface area (Å²) >= 11 is 0. The molecule has 0 aliphatic heterocycles. The van der Waals surface area contributed by atoms with Gasteiger partial charge in [-0.05, 0) is 49.8 Å². The molecule has 0 radical (unpaired) electrons. The Hall–Kier alpha value is -2.68. The second-order valence-corrected chi connectivity index (χ2v) is 9.57. The second kappa shape index (κ2) is 8.59. The highest BCUT2D eigenvalue weighted by atomic mass is 32.2. The van der Waals surface area contributed by atoms with Crippen LogP contribution in [0, 0.1) is 6.92 Å². The van der Waals surface area contributed by atoms with Gasteiger partial charge in [0.05, 0.1) is 10.6 Å². The van der Waals surface area contributed by atoms with Crippen molar-refractivity contribution in [3.63, 3.8) is 0 Å². The van der Waals surface area contributed by atoms with Crippen molar-refractivity contribution in [2.45, 2.75) is 69.7 Å². The molecule has 1 saturated carbocycles. The van der Waals surface area contributed by atoms with E-state index in [0.717, 1.165) is 12.1 Å². The molecule has 30 heavy (non-hydrogen) atoms. The number of sulfonamides is 1. The highest BCUT2D eigenvalue weighted by Crippen LogP contribution is 2.33. The third-order valence-corrected chi connectivity index (χ3v) is 7.16. The first-order valence-corrected chi connectivity index (χ1v) is 12.0. The van der Waals surface area contributed by atoms with Gasteiger partial charge in [-0.2, -0.15) is 5.10 Å². The summed E-state index contributed by atoms with van der Waals surface area (Å²) in [6.45, 7) is 4.61. The van der Waals surface area contributed by atoms with Crippen molar-refractivity contribution >= 4 is 15.7 Å². The number of rotatable bonds is 7. The molecular formula is C21H28N6O2S. The minimum Gasteiger partial charge on any atom is -0.274 e. The summed E-state index contributed by atoms with van der Waals surface area (Å²) in [7, 11) is -3.76. The van der Waals surface area contributed by atoms with E-state index in [2.05, 4.69) is 26.9 Å². The number of benzene rings is 1. The molecule has 4 rings (SSSR count). The third-order valence-electron chi connectivity index (χ3n) is 5.79. The lowest BCUT2D eigenvalue weighted by Crippen LogP contribution is -2.15. The van der Waals surface area contributed by atoms with Gasteiger partial charge in [0.2, 0.25) is 0 Å². The van der Waals surface area contributed by atoms with Gasteiger partial charge in [0.25, 0.3) is 10.0 Å². The fraction of sp³-hybridized carbons (Fsp3) is 0.476. The molecule has 0 bridgehead atoms. The molecule has 0 spiro atoms. The van der Waals surface area contributed by atoms with Crippen LogP contribution in [0.4, 0.5) is 5.69 Å². The second-order valence-electron chi connectivity index (χ2n) is 7.89. The lowest BCUT2D eigenvalue weighted by Gasteiger charge is -2.22. The molecule has 9 heteroatoms. The Morgan fingerprint density at radius 1 is 1.07 bits per heavy atom. The van der Waals surface area contributed by atoms with Crippen molar-refractivity contribution in [3.8, 4) is 5.82 Å². The number of anilines is 1. The molecule has 1 aliphatic carbocycles. The Morgan fingerprint density at radius 2 is 1.73 bits per heavy atom. The Kier molecular flexibility index (Phi) is 5.90. The van der Waals surface area contributed by atoms with Crippen molar-refractivity contribution in [3.05, 3.63) is 48.2 Å². The number of hydrogen-bond donors (Lipinski definition) is 1. The van der Waals surface area contributed by atoms with Crippen LogP contribution in [0.3, 0.4) is 0 Å². The van der Waals surface area contributed by atoms with Crippen molar-refractivity contribution < 1.29 is 8.42 Å². The smallest absolute Gasteiger partial charge is 0.262 e. The minimum absolute atomic E-state index is 0.249. The van der Waals surface area contributed by atoms with E-state index in [-0.39, 0.29) is 4.90 Å². The number of hydrogen-bond acceptors (Lipinski definition) is 5. The van der Waals surface area contributed by atoms with Crippen LogP contribution >= 0.6 is 0 Å². The van der Waals surface area contributed by atoms with Crippen LogP contribution < -0.4 is 4.72 Å². The standard InChI is InChI=1S/C21H28N6O2S/c1-3-13-27-16(2)20(21(24-27)26-14-22-23-15-26)25-30(28,29)19-11-9-18(10-12-19)17-7-5-4-6-8-17/h9-12,14-15,17,25H,3-8,13H2,1-2H3. The highest BCUT2D eigenvalue weighted by molar-refractivity contribution is 7.92. The largest absolute Gasteiger partial charge is 0.274 e. The average Bonchev–Trinajstić information content (AvgIpc) is 3.39. The van der Waals surface area contributed by atoms with Crippen LogP contribution in [0.5, 0.6) is 0 Å². The van der Waals surface area contributed by atoms with Gasteiger partial charge in [0.1, 0.15) is 18.3 Å². The number of nitrogens with zero attached hydrogens (tertiary/aromatic N) is 5. The highest BCUT2D eigenvalue weighted by Gasteiger charge is 2.23. The van der Waals surface area contributed by atoms with Crippen LogP contribution in [0.1, 0.15) is 62.6 Å². The SMILES string of the molecule is CCCn1nc(-n2cnnc2)c(NS(=O)(=O)c2ccc(C3CCCCC3)cc2)c1C. The summed E-state index contributed by atoms with van der Waals surface area (Å²) in [5.41, 5.74) is 2.42. The van der Waals surface area contributed by atoms with Crippen LogP contribution in [0.15, 0.2) is 41.8 Å². The Bertz CT molecular complexity index is 1080. The molecular weight excluding hydrogens is 400 g/mol. The van der Waals surface area contributed by atoms with E-state index >= 15 is 0 Å². The van der Waals surface area contributed by atoms with E-state index in [4.69, 9.17) is 0 Å². The van der Waals surface area contributed by atoms with Gasteiger partial charge in [-0.15, -0.1) is 10.2 Å². The van der Waals surface area contributed by atoms with Crippen molar-refractivity contribution in [2.75, 3.05) is 4.72 Å². The molecule has 3 aromatic rings. The van der Waals surface area contributed by atoms with E-state index in [1.165, 1.54) is 50.3 Å². The molecule has 2 aromatic heterocycles. The quantitative estimate of drug-likeness (QED) is 0.613. The van der Waals surface area contributed by atoms with Gasteiger partial charge in [-0.25, -0.2) is 8.42 Å². The average molecular weight is 429 g/mol. The first-order valence-electron chi connectivity index (χ1n) is 10.5. The fourth-order valence-electron chi connectivity index (χ4n) is 4.12. The van der Waals surface area contributed by atoms with Crippen LogP contribution in [-0.4, -0.2) is 33.0 Å².